The predicted octanol–water partition coefficient (Wildman–Crippen LogP) is 4.71. The Morgan fingerprint density at radius 3 is 2.30 bits per heavy atom. The number of aromatic nitrogens is 1. The van der Waals surface area contributed by atoms with Crippen molar-refractivity contribution in [1.29, 1.82) is 0 Å². The van der Waals surface area contributed by atoms with Gasteiger partial charge in [-0.05, 0) is 30.3 Å². The Labute approximate surface area is 210 Å². The van der Waals surface area contributed by atoms with E-state index < -0.39 is 15.9 Å². The van der Waals surface area contributed by atoms with Gasteiger partial charge in [-0.3, -0.25) is 10.1 Å². The largest absolute Gasteiger partial charge is 0.383 e. The van der Waals surface area contributed by atoms with Crippen LogP contribution in [-0.4, -0.2) is 64.1 Å². The predicted molar refractivity (Wildman–Crippen MR) is 132 cm³/mol. The summed E-state index contributed by atoms with van der Waals surface area (Å²) in [6, 6.07) is 7.43. The first-order valence-electron chi connectivity index (χ1n) is 9.56. The van der Waals surface area contributed by atoms with Gasteiger partial charge in [-0.25, -0.2) is 13.4 Å². The summed E-state index contributed by atoms with van der Waals surface area (Å²) in [5, 5.41) is 4.87. The standard InChI is InChI=1S/C20H21Cl2N3O5S3/c1-29-9-7-25(8-10-30-2)33(27,28)14-5-3-13(4-6-14)19(26)24-20-23-16(12-31-20)15-11-17(21)32-18(15)22/h3-6,11-12H,7-10H2,1-2H3,(H,23,24,26). The number of halogens is 2. The van der Waals surface area contributed by atoms with E-state index in [9.17, 15) is 13.2 Å². The molecule has 0 unspecified atom stereocenters. The first-order chi connectivity index (χ1) is 15.8. The highest BCUT2D eigenvalue weighted by molar-refractivity contribution is 7.89. The number of thiophene rings is 1. The number of amides is 1. The summed E-state index contributed by atoms with van der Waals surface area (Å²) in [5.74, 6) is -0.412. The lowest BCUT2D eigenvalue weighted by Gasteiger charge is -2.21. The molecule has 0 atom stereocenters. The van der Waals surface area contributed by atoms with Crippen LogP contribution in [0, 0.1) is 0 Å². The summed E-state index contributed by atoms with van der Waals surface area (Å²) in [5.41, 5.74) is 1.60. The van der Waals surface area contributed by atoms with Crippen molar-refractivity contribution in [2.45, 2.75) is 4.90 Å². The van der Waals surface area contributed by atoms with Crippen molar-refractivity contribution < 1.29 is 22.7 Å². The summed E-state index contributed by atoms with van der Waals surface area (Å²) >= 11 is 14.6. The van der Waals surface area contributed by atoms with Gasteiger partial charge in [-0.2, -0.15) is 4.31 Å². The van der Waals surface area contributed by atoms with Crippen LogP contribution >= 0.6 is 45.9 Å². The maximum absolute atomic E-state index is 13.0. The molecular formula is C20H21Cl2N3O5S3. The van der Waals surface area contributed by atoms with Crippen LogP contribution in [0.4, 0.5) is 5.13 Å². The Kier molecular flexibility index (Phi) is 9.25. The number of hydrogen-bond acceptors (Lipinski definition) is 8. The maximum atomic E-state index is 13.0. The molecule has 3 aromatic rings. The van der Waals surface area contributed by atoms with Crippen LogP contribution in [0.25, 0.3) is 11.3 Å². The highest BCUT2D eigenvalue weighted by Crippen LogP contribution is 2.39. The third-order valence-corrected chi connectivity index (χ3v) is 8.66. The smallest absolute Gasteiger partial charge is 0.257 e. The fourth-order valence-corrected chi connectivity index (χ4v) is 6.40. The van der Waals surface area contributed by atoms with Crippen molar-refractivity contribution in [2.24, 2.45) is 0 Å². The van der Waals surface area contributed by atoms with E-state index >= 15 is 0 Å². The molecule has 0 spiro atoms. The molecule has 1 N–H and O–H groups in total. The lowest BCUT2D eigenvalue weighted by atomic mass is 10.2. The van der Waals surface area contributed by atoms with Gasteiger partial charge in [0.2, 0.25) is 10.0 Å². The van der Waals surface area contributed by atoms with Crippen molar-refractivity contribution in [3.63, 3.8) is 0 Å². The lowest BCUT2D eigenvalue weighted by molar-refractivity contribution is 0.102. The van der Waals surface area contributed by atoms with Gasteiger partial charge in [0.05, 0.1) is 28.1 Å². The molecule has 0 bridgehead atoms. The molecule has 3 rings (SSSR count). The maximum Gasteiger partial charge on any atom is 0.257 e. The van der Waals surface area contributed by atoms with E-state index in [1.807, 2.05) is 0 Å². The summed E-state index contributed by atoms with van der Waals surface area (Å²) in [6.07, 6.45) is 0. The van der Waals surface area contributed by atoms with E-state index in [4.69, 9.17) is 32.7 Å². The van der Waals surface area contributed by atoms with Crippen molar-refractivity contribution in [3.05, 3.63) is 49.9 Å². The average molecular weight is 551 g/mol. The molecule has 0 radical (unpaired) electrons. The lowest BCUT2D eigenvalue weighted by Crippen LogP contribution is -2.36. The van der Waals surface area contributed by atoms with E-state index in [-0.39, 0.29) is 31.2 Å². The number of hydrogen-bond donors (Lipinski definition) is 1. The third kappa shape index (κ3) is 6.52. The number of nitrogens with zero attached hydrogens (tertiary/aromatic N) is 2. The van der Waals surface area contributed by atoms with E-state index in [1.165, 1.54) is 65.5 Å². The third-order valence-electron chi connectivity index (χ3n) is 4.50. The van der Waals surface area contributed by atoms with Crippen LogP contribution in [-0.2, 0) is 19.5 Å². The molecule has 0 aliphatic heterocycles. The van der Waals surface area contributed by atoms with Gasteiger partial charge in [0.25, 0.3) is 5.91 Å². The van der Waals surface area contributed by atoms with Gasteiger partial charge >= 0.3 is 0 Å². The molecule has 0 saturated heterocycles. The summed E-state index contributed by atoms with van der Waals surface area (Å²) < 4.78 is 38.3. The van der Waals surface area contributed by atoms with Gasteiger partial charge in [0.1, 0.15) is 4.34 Å². The van der Waals surface area contributed by atoms with Crippen LogP contribution in [0.5, 0.6) is 0 Å². The first kappa shape index (κ1) is 26.0. The number of rotatable bonds is 11. The minimum absolute atomic E-state index is 0.0757. The number of ether oxygens (including phenoxy) is 2. The molecule has 2 aromatic heterocycles. The van der Waals surface area contributed by atoms with Crippen LogP contribution in [0.3, 0.4) is 0 Å². The van der Waals surface area contributed by atoms with Gasteiger partial charge in [-0.1, -0.05) is 23.2 Å². The van der Waals surface area contributed by atoms with E-state index in [2.05, 4.69) is 10.3 Å². The van der Waals surface area contributed by atoms with Gasteiger partial charge in [-0.15, -0.1) is 22.7 Å². The van der Waals surface area contributed by atoms with E-state index in [0.29, 0.717) is 30.6 Å². The van der Waals surface area contributed by atoms with Gasteiger partial charge < -0.3 is 9.47 Å². The number of thiazole rings is 1. The minimum Gasteiger partial charge on any atom is -0.383 e. The van der Waals surface area contributed by atoms with Crippen LogP contribution in [0.15, 0.2) is 40.6 Å². The second kappa shape index (κ2) is 11.7. The van der Waals surface area contributed by atoms with Crippen molar-refractivity contribution in [3.8, 4) is 11.3 Å². The SMILES string of the molecule is COCCN(CCOC)S(=O)(=O)c1ccc(C(=O)Nc2nc(-c3cc(Cl)sc3Cl)cs2)cc1. The highest BCUT2D eigenvalue weighted by Gasteiger charge is 2.24. The van der Waals surface area contributed by atoms with E-state index in [0.717, 1.165) is 0 Å². The van der Waals surface area contributed by atoms with Crippen molar-refractivity contribution in [2.75, 3.05) is 45.8 Å². The molecular weight excluding hydrogens is 529 g/mol. The molecule has 1 aromatic carbocycles. The van der Waals surface area contributed by atoms with E-state index in [1.54, 1.807) is 11.4 Å². The Morgan fingerprint density at radius 1 is 1.12 bits per heavy atom. The molecule has 33 heavy (non-hydrogen) atoms. The fourth-order valence-electron chi connectivity index (χ4n) is 2.80. The zero-order valence-corrected chi connectivity index (χ0v) is 21.7. The molecule has 13 heteroatoms. The highest BCUT2D eigenvalue weighted by atomic mass is 35.5. The monoisotopic (exact) mass is 549 g/mol. The number of benzene rings is 1. The molecule has 0 aliphatic carbocycles. The second-order valence-corrected chi connectivity index (χ2v) is 11.7. The molecule has 2 heterocycles. The van der Waals surface area contributed by atoms with Crippen molar-refractivity contribution >= 4 is 66.9 Å². The van der Waals surface area contributed by atoms with Crippen LogP contribution < -0.4 is 5.32 Å². The number of sulfonamides is 1. The molecule has 178 valence electrons. The van der Waals surface area contributed by atoms with Crippen LogP contribution in [0.2, 0.25) is 8.67 Å². The Morgan fingerprint density at radius 2 is 1.76 bits per heavy atom. The average Bonchev–Trinajstić information content (AvgIpc) is 3.38. The molecule has 0 fully saturated rings. The summed E-state index contributed by atoms with van der Waals surface area (Å²) in [4.78, 5) is 17.1. The molecule has 0 saturated carbocycles. The quantitative estimate of drug-likeness (QED) is 0.371. The topological polar surface area (TPSA) is 97.8 Å². The summed E-state index contributed by atoms with van der Waals surface area (Å²) in [6.45, 7) is 0.885. The summed E-state index contributed by atoms with van der Waals surface area (Å²) in [7, 11) is -0.759. The number of carbonyl (C=O) groups is 1. The normalized spacial score (nSPS) is 11.8. The Bertz CT molecular complexity index is 1190. The zero-order chi connectivity index (χ0) is 24.0. The fraction of sp³-hybridized carbons (Fsp3) is 0.300. The van der Waals surface area contributed by atoms with Gasteiger partial charge in [0.15, 0.2) is 5.13 Å². The van der Waals surface area contributed by atoms with Crippen LogP contribution in [0.1, 0.15) is 10.4 Å². The van der Waals surface area contributed by atoms with Crippen molar-refractivity contribution in [1.82, 2.24) is 9.29 Å². The Balaban J connectivity index is 1.71. The minimum atomic E-state index is -3.77. The molecule has 8 nitrogen and oxygen atoms in total. The zero-order valence-electron chi connectivity index (χ0n) is 17.7. The number of anilines is 1. The second-order valence-electron chi connectivity index (χ2n) is 6.64. The Hall–Kier alpha value is -1.57. The number of methoxy groups -OCH3 is 2. The number of carbonyl (C=O) groups excluding carboxylic acids is 1. The van der Waals surface area contributed by atoms with Gasteiger partial charge in [0, 0.05) is 43.8 Å². The first-order valence-corrected chi connectivity index (χ1v) is 13.5. The molecule has 1 amide bonds. The number of nitrogens with one attached hydrogen (secondary N) is 1. The molecule has 0 aliphatic rings.